The van der Waals surface area contributed by atoms with Gasteiger partial charge in [0.15, 0.2) is 0 Å². The van der Waals surface area contributed by atoms with E-state index in [-0.39, 0.29) is 6.10 Å². The normalized spacial score (nSPS) is 18.9. The lowest BCUT2D eigenvalue weighted by molar-refractivity contribution is 0.105. The van der Waals surface area contributed by atoms with Crippen molar-refractivity contribution in [3.63, 3.8) is 0 Å². The molecule has 1 saturated heterocycles. The van der Waals surface area contributed by atoms with E-state index in [0.29, 0.717) is 29.2 Å². The Balaban J connectivity index is 2.06. The van der Waals surface area contributed by atoms with E-state index in [0.717, 1.165) is 25.0 Å². The van der Waals surface area contributed by atoms with Gasteiger partial charge < -0.3 is 9.47 Å². The molecule has 1 atom stereocenters. The Bertz CT molecular complexity index is 592. The summed E-state index contributed by atoms with van der Waals surface area (Å²) in [6.07, 6.45) is 2.98. The maximum absolute atomic E-state index is 12.4. The number of hydrogen-bond donors (Lipinski definition) is 1. The number of ether oxygens (including phenoxy) is 2. The number of aryl methyl sites for hydroxylation is 2. The van der Waals surface area contributed by atoms with Crippen LogP contribution in [0.5, 0.6) is 5.75 Å². The van der Waals surface area contributed by atoms with Crippen LogP contribution in [0.3, 0.4) is 0 Å². The van der Waals surface area contributed by atoms with Crippen LogP contribution in [0.2, 0.25) is 0 Å². The SMILES string of the molecule is COc1cc(C)c(S(=O)(=O)NCCC2CCCO2)cc1C. The Labute approximate surface area is 126 Å². The second-order valence-corrected chi connectivity index (χ2v) is 7.14. The van der Waals surface area contributed by atoms with Crippen molar-refractivity contribution in [3.05, 3.63) is 23.3 Å². The highest BCUT2D eigenvalue weighted by Crippen LogP contribution is 2.25. The quantitative estimate of drug-likeness (QED) is 0.874. The molecule has 0 amide bonds. The molecule has 0 aliphatic carbocycles. The van der Waals surface area contributed by atoms with Crippen LogP contribution >= 0.6 is 0 Å². The molecule has 1 unspecified atom stereocenters. The fourth-order valence-electron chi connectivity index (χ4n) is 2.58. The van der Waals surface area contributed by atoms with E-state index in [4.69, 9.17) is 9.47 Å². The van der Waals surface area contributed by atoms with Gasteiger partial charge in [0.25, 0.3) is 0 Å². The van der Waals surface area contributed by atoms with Gasteiger partial charge in [-0.15, -0.1) is 0 Å². The molecule has 118 valence electrons. The maximum Gasteiger partial charge on any atom is 0.240 e. The first kappa shape index (κ1) is 16.3. The van der Waals surface area contributed by atoms with Crippen LogP contribution in [0.4, 0.5) is 0 Å². The summed E-state index contributed by atoms with van der Waals surface area (Å²) < 4.78 is 38.1. The highest BCUT2D eigenvalue weighted by atomic mass is 32.2. The summed E-state index contributed by atoms with van der Waals surface area (Å²) in [5.41, 5.74) is 1.49. The third-order valence-electron chi connectivity index (χ3n) is 3.76. The summed E-state index contributed by atoms with van der Waals surface area (Å²) in [6, 6.07) is 3.41. The monoisotopic (exact) mass is 313 g/mol. The van der Waals surface area contributed by atoms with Crippen LogP contribution in [0.15, 0.2) is 17.0 Å². The minimum Gasteiger partial charge on any atom is -0.496 e. The summed E-state index contributed by atoms with van der Waals surface area (Å²) in [7, 11) is -1.91. The summed E-state index contributed by atoms with van der Waals surface area (Å²) in [5, 5.41) is 0. The molecule has 0 aromatic heterocycles. The highest BCUT2D eigenvalue weighted by Gasteiger charge is 2.20. The van der Waals surface area contributed by atoms with Crippen LogP contribution in [-0.2, 0) is 14.8 Å². The average Bonchev–Trinajstić information content (AvgIpc) is 2.93. The molecule has 0 spiro atoms. The Kier molecular flexibility index (Phi) is 5.24. The molecule has 1 heterocycles. The van der Waals surface area contributed by atoms with Crippen molar-refractivity contribution >= 4 is 10.0 Å². The van der Waals surface area contributed by atoms with E-state index >= 15 is 0 Å². The van der Waals surface area contributed by atoms with Crippen LogP contribution in [0.1, 0.15) is 30.4 Å². The van der Waals surface area contributed by atoms with Gasteiger partial charge in [-0.1, -0.05) is 0 Å². The van der Waals surface area contributed by atoms with Gasteiger partial charge in [0.2, 0.25) is 10.0 Å². The van der Waals surface area contributed by atoms with E-state index in [1.54, 1.807) is 26.2 Å². The molecule has 1 N–H and O–H groups in total. The Hall–Kier alpha value is -1.11. The molecule has 0 bridgehead atoms. The van der Waals surface area contributed by atoms with Gasteiger partial charge in [0.1, 0.15) is 5.75 Å². The first-order valence-electron chi connectivity index (χ1n) is 7.20. The molecule has 1 aliphatic rings. The first-order chi connectivity index (χ1) is 9.94. The number of sulfonamides is 1. The first-order valence-corrected chi connectivity index (χ1v) is 8.69. The van der Waals surface area contributed by atoms with E-state index in [1.165, 1.54) is 0 Å². The highest BCUT2D eigenvalue weighted by molar-refractivity contribution is 7.89. The Morgan fingerprint density at radius 2 is 2.10 bits per heavy atom. The maximum atomic E-state index is 12.4. The number of methoxy groups -OCH3 is 1. The van der Waals surface area contributed by atoms with Crippen molar-refractivity contribution < 1.29 is 17.9 Å². The molecule has 0 radical (unpaired) electrons. The lowest BCUT2D eigenvalue weighted by atomic mass is 10.1. The van der Waals surface area contributed by atoms with Gasteiger partial charge >= 0.3 is 0 Å². The predicted molar refractivity (Wildman–Crippen MR) is 81.2 cm³/mol. The van der Waals surface area contributed by atoms with Crippen LogP contribution in [-0.4, -0.2) is 34.8 Å². The predicted octanol–water partition coefficient (Wildman–Crippen LogP) is 2.16. The average molecular weight is 313 g/mol. The van der Waals surface area contributed by atoms with Crippen molar-refractivity contribution in [1.29, 1.82) is 0 Å². The summed E-state index contributed by atoms with van der Waals surface area (Å²) >= 11 is 0. The molecule has 1 fully saturated rings. The zero-order chi connectivity index (χ0) is 15.5. The molecule has 0 saturated carbocycles. The second-order valence-electron chi connectivity index (χ2n) is 5.41. The molecule has 5 nitrogen and oxygen atoms in total. The number of benzene rings is 1. The fraction of sp³-hybridized carbons (Fsp3) is 0.600. The summed E-state index contributed by atoms with van der Waals surface area (Å²) in [4.78, 5) is 0.313. The van der Waals surface area contributed by atoms with Crippen LogP contribution in [0, 0.1) is 13.8 Å². The van der Waals surface area contributed by atoms with Crippen molar-refractivity contribution in [2.45, 2.75) is 44.1 Å². The minimum absolute atomic E-state index is 0.186. The molecular formula is C15H23NO4S. The van der Waals surface area contributed by atoms with Crippen molar-refractivity contribution in [1.82, 2.24) is 4.72 Å². The number of hydrogen-bond acceptors (Lipinski definition) is 4. The van der Waals surface area contributed by atoms with Crippen molar-refractivity contribution in [3.8, 4) is 5.75 Å². The third kappa shape index (κ3) is 3.96. The van der Waals surface area contributed by atoms with Gasteiger partial charge in [-0.05, 0) is 56.4 Å². The van der Waals surface area contributed by atoms with E-state index < -0.39 is 10.0 Å². The minimum atomic E-state index is -3.49. The summed E-state index contributed by atoms with van der Waals surface area (Å²) in [5.74, 6) is 0.700. The van der Waals surface area contributed by atoms with Crippen molar-refractivity contribution in [2.24, 2.45) is 0 Å². The Morgan fingerprint density at radius 1 is 1.33 bits per heavy atom. The molecule has 1 aliphatic heterocycles. The topological polar surface area (TPSA) is 64.6 Å². The van der Waals surface area contributed by atoms with E-state index in [9.17, 15) is 8.42 Å². The van der Waals surface area contributed by atoms with Crippen LogP contribution in [0.25, 0.3) is 0 Å². The lowest BCUT2D eigenvalue weighted by Gasteiger charge is -2.14. The van der Waals surface area contributed by atoms with Gasteiger partial charge in [-0.25, -0.2) is 13.1 Å². The second kappa shape index (κ2) is 6.77. The van der Waals surface area contributed by atoms with Gasteiger partial charge in [-0.2, -0.15) is 0 Å². The molecule has 1 aromatic rings. The molecule has 21 heavy (non-hydrogen) atoms. The zero-order valence-corrected chi connectivity index (χ0v) is 13.6. The van der Waals surface area contributed by atoms with Crippen molar-refractivity contribution in [2.75, 3.05) is 20.3 Å². The Morgan fingerprint density at radius 3 is 2.71 bits per heavy atom. The van der Waals surface area contributed by atoms with Crippen LogP contribution < -0.4 is 9.46 Å². The summed E-state index contributed by atoms with van der Waals surface area (Å²) in [6.45, 7) is 4.80. The molecule has 1 aromatic carbocycles. The standard InChI is InChI=1S/C15H23NO4S/c1-11-10-15(12(2)9-14(11)19-3)21(17,18)16-7-6-13-5-4-8-20-13/h9-10,13,16H,4-8H2,1-3H3. The molecule has 2 rings (SSSR count). The van der Waals surface area contributed by atoms with E-state index in [2.05, 4.69) is 4.72 Å². The third-order valence-corrected chi connectivity index (χ3v) is 5.37. The fourth-order valence-corrected chi connectivity index (χ4v) is 3.93. The van der Waals surface area contributed by atoms with Gasteiger partial charge in [0, 0.05) is 13.2 Å². The molecular weight excluding hydrogens is 290 g/mol. The number of nitrogens with one attached hydrogen (secondary N) is 1. The largest absolute Gasteiger partial charge is 0.496 e. The van der Waals surface area contributed by atoms with Gasteiger partial charge in [0.05, 0.1) is 18.1 Å². The van der Waals surface area contributed by atoms with Gasteiger partial charge in [-0.3, -0.25) is 0 Å². The number of rotatable bonds is 6. The molecule has 6 heteroatoms. The van der Waals surface area contributed by atoms with E-state index in [1.807, 2.05) is 6.92 Å². The smallest absolute Gasteiger partial charge is 0.240 e. The lowest BCUT2D eigenvalue weighted by Crippen LogP contribution is -2.28. The zero-order valence-electron chi connectivity index (χ0n) is 12.8.